The van der Waals surface area contributed by atoms with Crippen molar-refractivity contribution in [1.29, 1.82) is 0 Å². The second kappa shape index (κ2) is 6.58. The first-order chi connectivity index (χ1) is 13.2. The zero-order valence-corrected chi connectivity index (χ0v) is 16.1. The summed E-state index contributed by atoms with van der Waals surface area (Å²) in [7, 11) is 0. The van der Waals surface area contributed by atoms with Gasteiger partial charge in [-0.3, -0.25) is 14.7 Å². The highest BCUT2D eigenvalue weighted by atomic mass is 79.9. The van der Waals surface area contributed by atoms with Crippen molar-refractivity contribution in [3.63, 3.8) is 0 Å². The molecule has 27 heavy (non-hydrogen) atoms. The number of aromatic amines is 1. The normalized spacial score (nSPS) is 17.9. The number of nitrogens with zero attached hydrogens (tertiary/aromatic N) is 3. The third-order valence-corrected chi connectivity index (χ3v) is 5.61. The average molecular weight is 425 g/mol. The molecule has 1 aliphatic rings. The lowest BCUT2D eigenvalue weighted by Crippen LogP contribution is -2.21. The van der Waals surface area contributed by atoms with Gasteiger partial charge in [0.1, 0.15) is 16.9 Å². The third-order valence-electron chi connectivity index (χ3n) is 5.12. The third kappa shape index (κ3) is 3.07. The Balaban J connectivity index is 1.47. The van der Waals surface area contributed by atoms with Crippen molar-refractivity contribution >= 4 is 38.0 Å². The summed E-state index contributed by atoms with van der Waals surface area (Å²) >= 11 is 3.48. The molecule has 0 aliphatic carbocycles. The fraction of sp³-hybridized carbons (Fsp3) is 0.250. The Bertz CT molecular complexity index is 1190. The minimum Gasteiger partial charge on any atom is -0.449 e. The molecule has 7 heteroatoms. The van der Waals surface area contributed by atoms with Gasteiger partial charge in [-0.25, -0.2) is 4.98 Å². The zero-order valence-electron chi connectivity index (χ0n) is 14.5. The van der Waals surface area contributed by atoms with Crippen LogP contribution in [0.5, 0.6) is 0 Å². The molecule has 6 nitrogen and oxygen atoms in total. The Kier molecular flexibility index (Phi) is 4.06. The number of hydrogen-bond acceptors (Lipinski definition) is 5. The Labute approximate surface area is 163 Å². The van der Waals surface area contributed by atoms with Crippen LogP contribution in [0.2, 0.25) is 0 Å². The first-order valence-electron chi connectivity index (χ1n) is 8.90. The van der Waals surface area contributed by atoms with Gasteiger partial charge in [-0.1, -0.05) is 15.9 Å². The topological polar surface area (TPSA) is 75.0 Å². The van der Waals surface area contributed by atoms with Crippen molar-refractivity contribution in [2.24, 2.45) is 0 Å². The van der Waals surface area contributed by atoms with Crippen molar-refractivity contribution in [2.45, 2.75) is 18.9 Å². The molecule has 0 saturated carbocycles. The van der Waals surface area contributed by atoms with Crippen LogP contribution in [0, 0.1) is 0 Å². The molecule has 1 N–H and O–H groups in total. The van der Waals surface area contributed by atoms with E-state index in [1.165, 1.54) is 5.56 Å². The maximum absolute atomic E-state index is 12.6. The maximum atomic E-state index is 12.6. The minimum atomic E-state index is -0.213. The van der Waals surface area contributed by atoms with E-state index < -0.39 is 0 Å². The van der Waals surface area contributed by atoms with E-state index in [0.29, 0.717) is 16.7 Å². The van der Waals surface area contributed by atoms with Crippen LogP contribution < -0.4 is 5.56 Å². The second-order valence-electron chi connectivity index (χ2n) is 6.95. The molecule has 4 aromatic rings. The predicted molar refractivity (Wildman–Crippen MR) is 107 cm³/mol. The molecule has 1 unspecified atom stereocenters. The summed E-state index contributed by atoms with van der Waals surface area (Å²) in [6.45, 7) is 2.73. The van der Waals surface area contributed by atoms with Crippen LogP contribution in [0.3, 0.4) is 0 Å². The van der Waals surface area contributed by atoms with Gasteiger partial charge in [0.05, 0.1) is 0 Å². The molecule has 1 aromatic carbocycles. The van der Waals surface area contributed by atoms with E-state index in [4.69, 9.17) is 9.40 Å². The molecule has 0 amide bonds. The molecular weight excluding hydrogens is 408 g/mol. The van der Waals surface area contributed by atoms with Crippen LogP contribution in [0.25, 0.3) is 22.1 Å². The molecule has 0 radical (unpaired) electrons. The Morgan fingerprint density at radius 3 is 2.96 bits per heavy atom. The fourth-order valence-corrected chi connectivity index (χ4v) is 4.14. The molecule has 1 saturated heterocycles. The van der Waals surface area contributed by atoms with E-state index in [1.54, 1.807) is 0 Å². The smallest absolute Gasteiger partial charge is 0.294 e. The first kappa shape index (κ1) is 16.6. The van der Waals surface area contributed by atoms with E-state index in [2.05, 4.69) is 30.8 Å². The second-order valence-corrected chi connectivity index (χ2v) is 7.86. The fourth-order valence-electron chi connectivity index (χ4n) is 3.78. The largest absolute Gasteiger partial charge is 0.449 e. The van der Waals surface area contributed by atoms with E-state index in [0.717, 1.165) is 41.7 Å². The first-order valence-corrected chi connectivity index (χ1v) is 9.70. The van der Waals surface area contributed by atoms with E-state index >= 15 is 0 Å². The number of pyridine rings is 1. The van der Waals surface area contributed by atoms with Crippen LogP contribution >= 0.6 is 15.9 Å². The van der Waals surface area contributed by atoms with Crippen molar-refractivity contribution in [3.05, 3.63) is 68.9 Å². The van der Waals surface area contributed by atoms with E-state index in [-0.39, 0.29) is 11.5 Å². The maximum Gasteiger partial charge on any atom is 0.294 e. The number of nitrogens with one attached hydrogen (secondary N) is 1. The number of benzene rings is 1. The molecule has 4 heterocycles. The summed E-state index contributed by atoms with van der Waals surface area (Å²) < 4.78 is 6.65. The van der Waals surface area contributed by atoms with Gasteiger partial charge in [-0.2, -0.15) is 0 Å². The van der Waals surface area contributed by atoms with Crippen LogP contribution in [-0.4, -0.2) is 32.9 Å². The number of H-pyrrole nitrogens is 1. The minimum absolute atomic E-state index is 0.209. The molecule has 1 fully saturated rings. The van der Waals surface area contributed by atoms with Crippen LogP contribution in [0.4, 0.5) is 0 Å². The Morgan fingerprint density at radius 1 is 1.26 bits per heavy atom. The zero-order chi connectivity index (χ0) is 18.4. The van der Waals surface area contributed by atoms with E-state index in [1.807, 2.05) is 42.7 Å². The van der Waals surface area contributed by atoms with Crippen molar-refractivity contribution in [1.82, 2.24) is 19.9 Å². The van der Waals surface area contributed by atoms with Gasteiger partial charge in [0.15, 0.2) is 0 Å². The summed E-state index contributed by atoms with van der Waals surface area (Å²) in [6.07, 6.45) is 4.61. The highest BCUT2D eigenvalue weighted by Crippen LogP contribution is 2.30. The molecule has 1 atom stereocenters. The SMILES string of the molecule is O=c1[nH]c(C2CCN(Cc3ccncc3)C2)nc2c1oc1ccc(Br)cc12. The lowest BCUT2D eigenvalue weighted by Gasteiger charge is -2.15. The summed E-state index contributed by atoms with van der Waals surface area (Å²) in [5, 5.41) is 0.860. The van der Waals surface area contributed by atoms with Crippen LogP contribution in [0.1, 0.15) is 23.7 Å². The van der Waals surface area contributed by atoms with Gasteiger partial charge in [0.2, 0.25) is 5.58 Å². The van der Waals surface area contributed by atoms with Gasteiger partial charge >= 0.3 is 0 Å². The quantitative estimate of drug-likeness (QED) is 0.540. The monoisotopic (exact) mass is 424 g/mol. The molecule has 0 bridgehead atoms. The van der Waals surface area contributed by atoms with Gasteiger partial charge in [-0.15, -0.1) is 0 Å². The number of furan rings is 1. The van der Waals surface area contributed by atoms with Crippen LogP contribution in [0.15, 0.2) is 56.4 Å². The molecule has 1 aliphatic heterocycles. The number of halogens is 1. The Morgan fingerprint density at radius 2 is 2.11 bits per heavy atom. The van der Waals surface area contributed by atoms with Crippen LogP contribution in [-0.2, 0) is 6.54 Å². The molecular formula is C20H17BrN4O2. The van der Waals surface area contributed by atoms with Gasteiger partial charge in [0, 0.05) is 41.3 Å². The lowest BCUT2D eigenvalue weighted by molar-refractivity contribution is 0.325. The molecule has 5 rings (SSSR count). The number of hydrogen-bond donors (Lipinski definition) is 1. The summed E-state index contributed by atoms with van der Waals surface area (Å²) in [6, 6.07) is 9.77. The van der Waals surface area contributed by atoms with Crippen molar-refractivity contribution in [2.75, 3.05) is 13.1 Å². The van der Waals surface area contributed by atoms with Gasteiger partial charge in [0.25, 0.3) is 5.56 Å². The predicted octanol–water partition coefficient (Wildman–Crippen LogP) is 3.82. The number of likely N-dealkylation sites (tertiary alicyclic amines) is 1. The number of aromatic nitrogens is 3. The highest BCUT2D eigenvalue weighted by Gasteiger charge is 2.27. The van der Waals surface area contributed by atoms with Gasteiger partial charge in [-0.05, 0) is 48.9 Å². The average Bonchev–Trinajstić information content (AvgIpc) is 3.27. The van der Waals surface area contributed by atoms with E-state index in [9.17, 15) is 4.79 Å². The summed E-state index contributed by atoms with van der Waals surface area (Å²) in [4.78, 5) is 26.7. The summed E-state index contributed by atoms with van der Waals surface area (Å²) in [5.74, 6) is 0.952. The van der Waals surface area contributed by atoms with Gasteiger partial charge < -0.3 is 9.40 Å². The molecule has 136 valence electrons. The van der Waals surface area contributed by atoms with Crippen molar-refractivity contribution in [3.8, 4) is 0 Å². The number of rotatable bonds is 3. The summed E-state index contributed by atoms with van der Waals surface area (Å²) in [5.41, 5.74) is 2.63. The molecule has 0 spiro atoms. The van der Waals surface area contributed by atoms with Crippen molar-refractivity contribution < 1.29 is 4.42 Å². The Hall–Kier alpha value is -2.51. The molecule has 3 aromatic heterocycles. The standard InChI is InChI=1S/C20H17BrN4O2/c21-14-1-2-16-15(9-14)17-18(27-16)20(26)24-19(23-17)13-5-8-25(11-13)10-12-3-6-22-7-4-12/h1-4,6-7,9,13H,5,8,10-11H2,(H,23,24,26). The highest BCUT2D eigenvalue weighted by molar-refractivity contribution is 9.10. The number of fused-ring (bicyclic) bond motifs is 3. The lowest BCUT2D eigenvalue weighted by atomic mass is 10.1.